The highest BCUT2D eigenvalue weighted by molar-refractivity contribution is 7.09. The molecule has 0 unspecified atom stereocenters. The standard InChI is InChI=1S/C14H22N4OS/c1-10(2)13(19)17-6-3-7-18(9-8-17)14-15-12(16-20-14)11-4-5-11/h10-11H,3-9H2,1-2H3. The molecular weight excluding hydrogens is 272 g/mol. The molecule has 0 spiro atoms. The molecule has 2 fully saturated rings. The van der Waals surface area contributed by atoms with E-state index in [0.29, 0.717) is 5.92 Å². The molecule has 0 atom stereocenters. The molecule has 5 nitrogen and oxygen atoms in total. The fourth-order valence-corrected chi connectivity index (χ4v) is 3.35. The normalized spacial score (nSPS) is 20.4. The summed E-state index contributed by atoms with van der Waals surface area (Å²) in [5, 5.41) is 1.03. The summed E-state index contributed by atoms with van der Waals surface area (Å²) in [5.41, 5.74) is 0. The molecule has 1 aromatic heterocycles. The van der Waals surface area contributed by atoms with Crippen LogP contribution in [-0.2, 0) is 4.79 Å². The summed E-state index contributed by atoms with van der Waals surface area (Å²) in [4.78, 5) is 21.0. The maximum absolute atomic E-state index is 12.1. The number of nitrogens with zero attached hydrogens (tertiary/aromatic N) is 4. The first-order chi connectivity index (χ1) is 9.65. The molecule has 2 aliphatic rings. The van der Waals surface area contributed by atoms with E-state index in [1.54, 1.807) is 0 Å². The van der Waals surface area contributed by atoms with Gasteiger partial charge >= 0.3 is 0 Å². The van der Waals surface area contributed by atoms with Gasteiger partial charge in [-0.05, 0) is 19.3 Å². The van der Waals surface area contributed by atoms with Gasteiger partial charge in [0.2, 0.25) is 11.0 Å². The lowest BCUT2D eigenvalue weighted by Gasteiger charge is -2.23. The zero-order chi connectivity index (χ0) is 14.1. The molecule has 0 radical (unpaired) electrons. The van der Waals surface area contributed by atoms with E-state index in [9.17, 15) is 4.79 Å². The predicted octanol–water partition coefficient (Wildman–Crippen LogP) is 2.11. The van der Waals surface area contributed by atoms with E-state index in [0.717, 1.165) is 43.6 Å². The van der Waals surface area contributed by atoms with Crippen LogP contribution < -0.4 is 4.90 Å². The van der Waals surface area contributed by atoms with Gasteiger partial charge in [-0.25, -0.2) is 4.98 Å². The van der Waals surface area contributed by atoms with Crippen LogP contribution in [0.25, 0.3) is 0 Å². The van der Waals surface area contributed by atoms with Crippen LogP contribution in [0.15, 0.2) is 0 Å². The van der Waals surface area contributed by atoms with Gasteiger partial charge in [-0.1, -0.05) is 13.8 Å². The number of amides is 1. The number of aromatic nitrogens is 2. The Bertz CT molecular complexity index is 483. The molecule has 1 saturated carbocycles. The molecule has 2 heterocycles. The summed E-state index contributed by atoms with van der Waals surface area (Å²) >= 11 is 1.51. The highest BCUT2D eigenvalue weighted by Gasteiger charge is 2.29. The summed E-state index contributed by atoms with van der Waals surface area (Å²) < 4.78 is 4.47. The zero-order valence-electron chi connectivity index (χ0n) is 12.2. The second-order valence-corrected chi connectivity index (χ2v) is 6.76. The van der Waals surface area contributed by atoms with Crippen LogP contribution in [0.5, 0.6) is 0 Å². The fraction of sp³-hybridized carbons (Fsp3) is 0.786. The van der Waals surface area contributed by atoms with Crippen molar-refractivity contribution in [2.75, 3.05) is 31.1 Å². The van der Waals surface area contributed by atoms with Gasteiger partial charge < -0.3 is 9.80 Å². The van der Waals surface area contributed by atoms with Crippen LogP contribution >= 0.6 is 11.5 Å². The van der Waals surface area contributed by atoms with E-state index >= 15 is 0 Å². The predicted molar refractivity (Wildman–Crippen MR) is 80.1 cm³/mol. The van der Waals surface area contributed by atoms with Crippen molar-refractivity contribution in [3.05, 3.63) is 5.82 Å². The smallest absolute Gasteiger partial charge is 0.225 e. The van der Waals surface area contributed by atoms with Gasteiger partial charge in [-0.2, -0.15) is 4.37 Å². The zero-order valence-corrected chi connectivity index (χ0v) is 13.0. The quantitative estimate of drug-likeness (QED) is 0.857. The number of anilines is 1. The highest BCUT2D eigenvalue weighted by atomic mass is 32.1. The Kier molecular flexibility index (Phi) is 3.92. The maximum atomic E-state index is 12.1. The van der Waals surface area contributed by atoms with Gasteiger partial charge in [-0.15, -0.1) is 0 Å². The third kappa shape index (κ3) is 2.95. The van der Waals surface area contributed by atoms with Gasteiger partial charge in [0.15, 0.2) is 0 Å². The minimum Gasteiger partial charge on any atom is -0.345 e. The lowest BCUT2D eigenvalue weighted by molar-refractivity contribution is -0.134. The number of carbonyl (C=O) groups is 1. The van der Waals surface area contributed by atoms with E-state index in [4.69, 9.17) is 0 Å². The number of carbonyl (C=O) groups excluding carboxylic acids is 1. The van der Waals surface area contributed by atoms with Crippen LogP contribution in [0.3, 0.4) is 0 Å². The first-order valence-electron chi connectivity index (χ1n) is 7.52. The number of hydrogen-bond donors (Lipinski definition) is 0. The first-order valence-corrected chi connectivity index (χ1v) is 8.30. The summed E-state index contributed by atoms with van der Waals surface area (Å²) in [7, 11) is 0. The molecule has 0 bridgehead atoms. The van der Waals surface area contributed by atoms with E-state index < -0.39 is 0 Å². The van der Waals surface area contributed by atoms with Crippen LogP contribution in [-0.4, -0.2) is 46.3 Å². The van der Waals surface area contributed by atoms with Crippen molar-refractivity contribution in [2.45, 2.75) is 39.0 Å². The Labute approximate surface area is 124 Å². The fourth-order valence-electron chi connectivity index (χ4n) is 2.56. The Hall–Kier alpha value is -1.17. The molecule has 1 aliphatic heterocycles. The average Bonchev–Trinajstić information content (AvgIpc) is 3.22. The molecule has 1 aliphatic carbocycles. The van der Waals surface area contributed by atoms with E-state index in [2.05, 4.69) is 14.3 Å². The average molecular weight is 294 g/mol. The SMILES string of the molecule is CC(C)C(=O)N1CCCN(c2nc(C3CC3)ns2)CC1. The molecule has 3 rings (SSSR count). The van der Waals surface area contributed by atoms with Crippen molar-refractivity contribution in [2.24, 2.45) is 5.92 Å². The second kappa shape index (κ2) is 5.68. The van der Waals surface area contributed by atoms with Crippen molar-refractivity contribution >= 4 is 22.6 Å². The van der Waals surface area contributed by atoms with Gasteiger partial charge in [0.1, 0.15) is 5.82 Å². The van der Waals surface area contributed by atoms with Crippen molar-refractivity contribution in [1.82, 2.24) is 14.3 Å². The monoisotopic (exact) mass is 294 g/mol. The Balaban J connectivity index is 1.62. The third-order valence-electron chi connectivity index (χ3n) is 3.95. The lowest BCUT2D eigenvalue weighted by atomic mass is 10.2. The van der Waals surface area contributed by atoms with Gasteiger partial charge in [0.25, 0.3) is 0 Å². The van der Waals surface area contributed by atoms with Crippen molar-refractivity contribution < 1.29 is 4.79 Å². The van der Waals surface area contributed by atoms with Crippen LogP contribution in [0.2, 0.25) is 0 Å². The summed E-state index contributed by atoms with van der Waals surface area (Å²) in [6.07, 6.45) is 3.50. The minimum absolute atomic E-state index is 0.0875. The van der Waals surface area contributed by atoms with E-state index in [1.807, 2.05) is 18.7 Å². The summed E-state index contributed by atoms with van der Waals surface area (Å²) in [6.45, 7) is 7.45. The van der Waals surface area contributed by atoms with Gasteiger partial charge in [0, 0.05) is 49.5 Å². The van der Waals surface area contributed by atoms with Crippen molar-refractivity contribution in [1.29, 1.82) is 0 Å². The molecule has 20 heavy (non-hydrogen) atoms. The molecule has 1 saturated heterocycles. The van der Waals surface area contributed by atoms with E-state index in [1.165, 1.54) is 24.4 Å². The number of hydrogen-bond acceptors (Lipinski definition) is 5. The molecule has 1 aromatic rings. The topological polar surface area (TPSA) is 49.3 Å². The lowest BCUT2D eigenvalue weighted by Crippen LogP contribution is -2.37. The molecule has 0 N–H and O–H groups in total. The van der Waals surface area contributed by atoms with Crippen molar-refractivity contribution in [3.8, 4) is 0 Å². The van der Waals surface area contributed by atoms with Crippen LogP contribution in [0.4, 0.5) is 5.13 Å². The van der Waals surface area contributed by atoms with Gasteiger partial charge in [0.05, 0.1) is 0 Å². The van der Waals surface area contributed by atoms with Crippen LogP contribution in [0, 0.1) is 5.92 Å². The van der Waals surface area contributed by atoms with Gasteiger partial charge in [-0.3, -0.25) is 4.79 Å². The molecule has 1 amide bonds. The van der Waals surface area contributed by atoms with Crippen LogP contribution in [0.1, 0.15) is 44.9 Å². The first kappa shape index (κ1) is 13.8. The molecule has 0 aromatic carbocycles. The van der Waals surface area contributed by atoms with Crippen molar-refractivity contribution in [3.63, 3.8) is 0 Å². The Morgan fingerprint density at radius 3 is 2.75 bits per heavy atom. The maximum Gasteiger partial charge on any atom is 0.225 e. The Morgan fingerprint density at radius 1 is 1.25 bits per heavy atom. The summed E-state index contributed by atoms with van der Waals surface area (Å²) in [6, 6.07) is 0. The molecule has 6 heteroatoms. The summed E-state index contributed by atoms with van der Waals surface area (Å²) in [5.74, 6) is 2.00. The molecule has 110 valence electrons. The largest absolute Gasteiger partial charge is 0.345 e. The minimum atomic E-state index is 0.0875. The Morgan fingerprint density at radius 2 is 2.05 bits per heavy atom. The molecular formula is C14H22N4OS. The second-order valence-electron chi connectivity index (χ2n) is 6.03. The van der Waals surface area contributed by atoms with E-state index in [-0.39, 0.29) is 11.8 Å². The third-order valence-corrected chi connectivity index (χ3v) is 4.74. The highest BCUT2D eigenvalue weighted by Crippen LogP contribution is 2.39. The number of rotatable bonds is 3.